The van der Waals surface area contributed by atoms with Crippen molar-refractivity contribution >= 4 is 5.69 Å². The second kappa shape index (κ2) is 6.49. The van der Waals surface area contributed by atoms with Crippen LogP contribution in [0.2, 0.25) is 0 Å². The summed E-state index contributed by atoms with van der Waals surface area (Å²) in [7, 11) is 1.35. The highest BCUT2D eigenvalue weighted by molar-refractivity contribution is 5.50. The zero-order valence-electron chi connectivity index (χ0n) is 11.4. The topological polar surface area (TPSA) is 47.3 Å². The minimum absolute atomic E-state index is 0.0651. The Balaban J connectivity index is 2.26. The van der Waals surface area contributed by atoms with Gasteiger partial charge < -0.3 is 15.8 Å². The van der Waals surface area contributed by atoms with Crippen LogP contribution in [0, 0.1) is 17.5 Å². The third-order valence-corrected chi connectivity index (χ3v) is 3.07. The van der Waals surface area contributed by atoms with Crippen LogP contribution in [0.25, 0.3) is 0 Å². The Bertz CT molecular complexity index is 634. The Morgan fingerprint density at radius 3 is 2.48 bits per heavy atom. The molecule has 0 aliphatic carbocycles. The number of hydrogen-bond acceptors (Lipinski definition) is 3. The van der Waals surface area contributed by atoms with Gasteiger partial charge in [-0.2, -0.15) is 0 Å². The number of hydrogen-bond donors (Lipinski definition) is 2. The van der Waals surface area contributed by atoms with Crippen molar-refractivity contribution in [1.29, 1.82) is 0 Å². The molecule has 0 saturated heterocycles. The van der Waals surface area contributed by atoms with E-state index in [0.717, 1.165) is 12.1 Å². The maximum atomic E-state index is 13.8. The molecule has 1 unspecified atom stereocenters. The molecule has 0 radical (unpaired) electrons. The maximum Gasteiger partial charge on any atom is 0.165 e. The molecule has 1 atom stereocenters. The maximum absolute atomic E-state index is 13.8. The van der Waals surface area contributed by atoms with Crippen molar-refractivity contribution in [3.05, 3.63) is 59.4 Å². The van der Waals surface area contributed by atoms with Crippen molar-refractivity contribution in [2.75, 3.05) is 19.0 Å². The number of methoxy groups -OCH3 is 1. The van der Waals surface area contributed by atoms with E-state index in [2.05, 4.69) is 5.32 Å². The molecule has 0 fully saturated rings. The van der Waals surface area contributed by atoms with Gasteiger partial charge in [0.1, 0.15) is 11.6 Å². The minimum atomic E-state index is -0.688. The van der Waals surface area contributed by atoms with E-state index in [4.69, 9.17) is 10.5 Å². The summed E-state index contributed by atoms with van der Waals surface area (Å²) in [6.45, 7) is 0.0856. The van der Waals surface area contributed by atoms with Gasteiger partial charge in [-0.1, -0.05) is 6.07 Å². The number of nitrogens with one attached hydrogen (secondary N) is 1. The van der Waals surface area contributed by atoms with Crippen molar-refractivity contribution in [3.8, 4) is 5.75 Å². The zero-order chi connectivity index (χ0) is 15.4. The molecule has 0 aromatic heterocycles. The SMILES string of the molecule is COc1cc(NC(CN)c2ccc(F)cc2F)ccc1F. The Morgan fingerprint density at radius 2 is 1.86 bits per heavy atom. The van der Waals surface area contributed by atoms with Gasteiger partial charge in [0, 0.05) is 29.9 Å². The third-order valence-electron chi connectivity index (χ3n) is 3.07. The van der Waals surface area contributed by atoms with Gasteiger partial charge in [-0.3, -0.25) is 0 Å². The fourth-order valence-corrected chi connectivity index (χ4v) is 2.00. The van der Waals surface area contributed by atoms with E-state index in [1.54, 1.807) is 0 Å². The highest BCUT2D eigenvalue weighted by Gasteiger charge is 2.15. The van der Waals surface area contributed by atoms with Crippen LogP contribution in [0.15, 0.2) is 36.4 Å². The standard InChI is InChI=1S/C15H15F3N2O/c1-21-15-7-10(3-5-12(15)17)20-14(8-19)11-4-2-9(16)6-13(11)18/h2-7,14,20H,8,19H2,1H3. The molecule has 0 heterocycles. The number of benzene rings is 2. The number of ether oxygens (including phenoxy) is 1. The summed E-state index contributed by atoms with van der Waals surface area (Å²) in [5.74, 6) is -1.78. The first kappa shape index (κ1) is 15.2. The van der Waals surface area contributed by atoms with Gasteiger partial charge in [-0.05, 0) is 18.2 Å². The predicted molar refractivity (Wildman–Crippen MR) is 74.7 cm³/mol. The van der Waals surface area contributed by atoms with E-state index in [1.165, 1.54) is 31.4 Å². The molecule has 0 aliphatic rings. The molecule has 2 rings (SSSR count). The van der Waals surface area contributed by atoms with Crippen LogP contribution in [0.5, 0.6) is 5.75 Å². The van der Waals surface area contributed by atoms with Gasteiger partial charge in [-0.15, -0.1) is 0 Å². The summed E-state index contributed by atoms with van der Waals surface area (Å²) >= 11 is 0. The second-order valence-electron chi connectivity index (χ2n) is 4.45. The minimum Gasteiger partial charge on any atom is -0.494 e. The molecule has 0 amide bonds. The van der Waals surface area contributed by atoms with E-state index in [-0.39, 0.29) is 17.9 Å². The number of halogens is 3. The lowest BCUT2D eigenvalue weighted by atomic mass is 10.1. The van der Waals surface area contributed by atoms with Crippen LogP contribution < -0.4 is 15.8 Å². The van der Waals surface area contributed by atoms with E-state index in [9.17, 15) is 13.2 Å². The Morgan fingerprint density at radius 1 is 1.10 bits per heavy atom. The third kappa shape index (κ3) is 3.46. The lowest BCUT2D eigenvalue weighted by Gasteiger charge is -2.19. The van der Waals surface area contributed by atoms with Crippen LogP contribution in [-0.4, -0.2) is 13.7 Å². The molecule has 0 spiro atoms. The summed E-state index contributed by atoms with van der Waals surface area (Å²) in [5.41, 5.74) is 6.39. The average molecular weight is 296 g/mol. The molecule has 112 valence electrons. The molecule has 3 nitrogen and oxygen atoms in total. The van der Waals surface area contributed by atoms with Crippen molar-refractivity contribution in [2.24, 2.45) is 5.73 Å². The zero-order valence-corrected chi connectivity index (χ0v) is 11.4. The van der Waals surface area contributed by atoms with Gasteiger partial charge in [0.2, 0.25) is 0 Å². The molecule has 21 heavy (non-hydrogen) atoms. The van der Waals surface area contributed by atoms with Crippen LogP contribution >= 0.6 is 0 Å². The van der Waals surface area contributed by atoms with Crippen LogP contribution in [0.1, 0.15) is 11.6 Å². The van der Waals surface area contributed by atoms with Crippen LogP contribution in [-0.2, 0) is 0 Å². The lowest BCUT2D eigenvalue weighted by Crippen LogP contribution is -2.21. The smallest absolute Gasteiger partial charge is 0.165 e. The summed E-state index contributed by atoms with van der Waals surface area (Å²) in [4.78, 5) is 0. The summed E-state index contributed by atoms with van der Waals surface area (Å²) < 4.78 is 44.9. The highest BCUT2D eigenvalue weighted by Crippen LogP contribution is 2.26. The number of anilines is 1. The van der Waals surface area contributed by atoms with Crippen molar-refractivity contribution in [3.63, 3.8) is 0 Å². The predicted octanol–water partition coefficient (Wildman–Crippen LogP) is 3.22. The normalized spacial score (nSPS) is 12.0. The Labute approximate surface area is 120 Å². The molecule has 0 bridgehead atoms. The molecule has 6 heteroatoms. The molecular formula is C15H15F3N2O. The molecular weight excluding hydrogens is 281 g/mol. The van der Waals surface area contributed by atoms with Gasteiger partial charge in [-0.25, -0.2) is 13.2 Å². The lowest BCUT2D eigenvalue weighted by molar-refractivity contribution is 0.386. The van der Waals surface area contributed by atoms with Gasteiger partial charge >= 0.3 is 0 Å². The number of nitrogens with two attached hydrogens (primary N) is 1. The van der Waals surface area contributed by atoms with Crippen molar-refractivity contribution in [2.45, 2.75) is 6.04 Å². The molecule has 3 N–H and O–H groups in total. The van der Waals surface area contributed by atoms with Crippen LogP contribution in [0.4, 0.5) is 18.9 Å². The quantitative estimate of drug-likeness (QED) is 0.890. The Hall–Kier alpha value is -2.21. The molecule has 0 aliphatic heterocycles. The Kier molecular flexibility index (Phi) is 4.70. The summed E-state index contributed by atoms with van der Waals surface area (Å²) in [6.07, 6.45) is 0. The van der Waals surface area contributed by atoms with E-state index >= 15 is 0 Å². The average Bonchev–Trinajstić information content (AvgIpc) is 2.47. The number of rotatable bonds is 5. The monoisotopic (exact) mass is 296 g/mol. The first-order valence-electron chi connectivity index (χ1n) is 6.30. The summed E-state index contributed by atoms with van der Waals surface area (Å²) in [5, 5.41) is 2.97. The van der Waals surface area contributed by atoms with Gasteiger partial charge in [0.05, 0.1) is 13.2 Å². The fraction of sp³-hybridized carbons (Fsp3) is 0.200. The van der Waals surface area contributed by atoms with Gasteiger partial charge in [0.25, 0.3) is 0 Å². The van der Waals surface area contributed by atoms with E-state index in [0.29, 0.717) is 5.69 Å². The second-order valence-corrected chi connectivity index (χ2v) is 4.45. The van der Waals surface area contributed by atoms with E-state index < -0.39 is 23.5 Å². The molecule has 2 aromatic carbocycles. The first-order valence-corrected chi connectivity index (χ1v) is 6.30. The van der Waals surface area contributed by atoms with Crippen molar-refractivity contribution in [1.82, 2.24) is 0 Å². The van der Waals surface area contributed by atoms with E-state index in [1.807, 2.05) is 0 Å². The largest absolute Gasteiger partial charge is 0.494 e. The highest BCUT2D eigenvalue weighted by atomic mass is 19.1. The van der Waals surface area contributed by atoms with Gasteiger partial charge in [0.15, 0.2) is 11.6 Å². The molecule has 0 saturated carbocycles. The summed E-state index contributed by atoms with van der Waals surface area (Å²) in [6, 6.07) is 6.88. The molecule has 2 aromatic rings. The van der Waals surface area contributed by atoms with Crippen LogP contribution in [0.3, 0.4) is 0 Å². The fourth-order valence-electron chi connectivity index (χ4n) is 2.00. The first-order chi connectivity index (χ1) is 10.0. The van der Waals surface area contributed by atoms with Crippen molar-refractivity contribution < 1.29 is 17.9 Å².